The maximum Gasteiger partial charge on any atom is 0.573 e. The number of benzene rings is 2. The number of pyridine rings is 1. The first-order valence-corrected chi connectivity index (χ1v) is 8.37. The molecule has 31 heavy (non-hydrogen) atoms. The van der Waals surface area contributed by atoms with Crippen LogP contribution in [0.3, 0.4) is 0 Å². The summed E-state index contributed by atoms with van der Waals surface area (Å²) in [5, 5.41) is 9.38. The number of carboxylic acids is 1. The van der Waals surface area contributed by atoms with E-state index < -0.39 is 30.2 Å². The normalized spacial score (nSPS) is 11.8. The van der Waals surface area contributed by atoms with Crippen molar-refractivity contribution in [3.8, 4) is 33.8 Å². The third-order valence-electron chi connectivity index (χ3n) is 3.91. The lowest BCUT2D eigenvalue weighted by Gasteiger charge is -2.12. The zero-order chi connectivity index (χ0) is 22.8. The Morgan fingerprint density at radius 2 is 1.19 bits per heavy atom. The first-order chi connectivity index (χ1) is 14.4. The predicted octanol–water partition coefficient (Wildman–Crippen LogP) is 5.91. The summed E-state index contributed by atoms with van der Waals surface area (Å²) in [7, 11) is 0. The van der Waals surface area contributed by atoms with Crippen LogP contribution in [0.1, 0.15) is 10.5 Å². The van der Waals surface area contributed by atoms with Crippen molar-refractivity contribution >= 4 is 5.97 Å². The Bertz CT molecular complexity index is 1080. The standard InChI is InChI=1S/C20H11F6NO4/c21-19(22,23)30-14-5-1-11(2-6-14)13-9-16(17(18(28)29)27-10-13)12-3-7-15(8-4-12)31-20(24,25)26/h1-10H,(H,28,29). The first kappa shape index (κ1) is 21.9. The second-order valence-electron chi connectivity index (χ2n) is 6.07. The van der Waals surface area contributed by atoms with Crippen molar-refractivity contribution in [2.24, 2.45) is 0 Å². The largest absolute Gasteiger partial charge is 0.573 e. The Morgan fingerprint density at radius 1 is 0.742 bits per heavy atom. The van der Waals surface area contributed by atoms with Gasteiger partial charge < -0.3 is 14.6 Å². The molecule has 0 aliphatic rings. The van der Waals surface area contributed by atoms with Crippen LogP contribution in [0.25, 0.3) is 22.3 Å². The monoisotopic (exact) mass is 443 g/mol. The highest BCUT2D eigenvalue weighted by Crippen LogP contribution is 2.32. The van der Waals surface area contributed by atoms with E-state index in [0.29, 0.717) is 11.1 Å². The quantitative estimate of drug-likeness (QED) is 0.497. The number of carboxylic acid groups (broad SMARTS) is 1. The number of rotatable bonds is 5. The molecule has 0 amide bonds. The van der Waals surface area contributed by atoms with E-state index in [-0.39, 0.29) is 16.8 Å². The van der Waals surface area contributed by atoms with E-state index >= 15 is 0 Å². The van der Waals surface area contributed by atoms with Crippen LogP contribution in [-0.4, -0.2) is 28.8 Å². The van der Waals surface area contributed by atoms with Gasteiger partial charge in [0.05, 0.1) is 0 Å². The Labute approximate surface area is 170 Å². The molecule has 0 fully saturated rings. The van der Waals surface area contributed by atoms with E-state index in [9.17, 15) is 36.2 Å². The smallest absolute Gasteiger partial charge is 0.476 e. The van der Waals surface area contributed by atoms with Crippen molar-refractivity contribution in [1.29, 1.82) is 0 Å². The number of aromatic nitrogens is 1. The Balaban J connectivity index is 1.96. The number of aromatic carboxylic acids is 1. The van der Waals surface area contributed by atoms with Crippen LogP contribution in [0, 0.1) is 0 Å². The minimum atomic E-state index is -4.88. The van der Waals surface area contributed by atoms with Gasteiger partial charge in [-0.3, -0.25) is 0 Å². The molecule has 3 rings (SSSR count). The number of hydrogen-bond donors (Lipinski definition) is 1. The molecule has 0 unspecified atom stereocenters. The summed E-state index contributed by atoms with van der Waals surface area (Å²) < 4.78 is 81.4. The van der Waals surface area contributed by atoms with Crippen LogP contribution in [0.2, 0.25) is 0 Å². The fourth-order valence-corrected chi connectivity index (χ4v) is 2.70. The Morgan fingerprint density at radius 3 is 1.61 bits per heavy atom. The molecule has 5 nitrogen and oxygen atoms in total. The van der Waals surface area contributed by atoms with Gasteiger partial charge in [-0.05, 0) is 41.5 Å². The highest BCUT2D eigenvalue weighted by atomic mass is 19.4. The van der Waals surface area contributed by atoms with Crippen molar-refractivity contribution in [2.75, 3.05) is 0 Å². The lowest BCUT2D eigenvalue weighted by molar-refractivity contribution is -0.275. The second kappa shape index (κ2) is 8.17. The molecule has 0 saturated carbocycles. The zero-order valence-corrected chi connectivity index (χ0v) is 15.2. The van der Waals surface area contributed by atoms with Crippen molar-refractivity contribution in [1.82, 2.24) is 4.98 Å². The van der Waals surface area contributed by atoms with E-state index in [1.165, 1.54) is 36.5 Å². The van der Waals surface area contributed by atoms with Gasteiger partial charge in [-0.2, -0.15) is 0 Å². The molecule has 0 aliphatic carbocycles. The van der Waals surface area contributed by atoms with Gasteiger partial charge in [0.15, 0.2) is 5.69 Å². The van der Waals surface area contributed by atoms with Crippen molar-refractivity contribution < 1.29 is 45.7 Å². The summed E-state index contributed by atoms with van der Waals surface area (Å²) in [6.45, 7) is 0. The fraction of sp³-hybridized carbons (Fsp3) is 0.100. The SMILES string of the molecule is O=C(O)c1ncc(-c2ccc(OC(F)(F)F)cc2)cc1-c1ccc(OC(F)(F)F)cc1. The lowest BCUT2D eigenvalue weighted by atomic mass is 9.99. The van der Waals surface area contributed by atoms with Crippen molar-refractivity contribution in [3.63, 3.8) is 0 Å². The third kappa shape index (κ3) is 5.87. The highest BCUT2D eigenvalue weighted by Gasteiger charge is 2.31. The summed E-state index contributed by atoms with van der Waals surface area (Å²) in [6, 6.07) is 10.7. The molecule has 0 spiro atoms. The molecule has 0 saturated heterocycles. The predicted molar refractivity (Wildman–Crippen MR) is 95.4 cm³/mol. The topological polar surface area (TPSA) is 68.7 Å². The average Bonchev–Trinajstić information content (AvgIpc) is 2.66. The van der Waals surface area contributed by atoms with Crippen LogP contribution in [0.4, 0.5) is 26.3 Å². The minimum Gasteiger partial charge on any atom is -0.476 e. The highest BCUT2D eigenvalue weighted by molar-refractivity contribution is 5.95. The summed E-state index contributed by atoms with van der Waals surface area (Å²) in [6.07, 6.45) is -8.51. The summed E-state index contributed by atoms with van der Waals surface area (Å²) in [5.74, 6) is -2.30. The summed E-state index contributed by atoms with van der Waals surface area (Å²) >= 11 is 0. The third-order valence-corrected chi connectivity index (χ3v) is 3.91. The number of nitrogens with zero attached hydrogens (tertiary/aromatic N) is 1. The van der Waals surface area contributed by atoms with Gasteiger partial charge in [-0.1, -0.05) is 24.3 Å². The molecule has 1 N–H and O–H groups in total. The van der Waals surface area contributed by atoms with E-state index in [1.54, 1.807) is 0 Å². The molecule has 1 heterocycles. The molecular weight excluding hydrogens is 432 g/mol. The number of hydrogen-bond acceptors (Lipinski definition) is 4. The van der Waals surface area contributed by atoms with E-state index in [0.717, 1.165) is 24.3 Å². The maximum absolute atomic E-state index is 12.3. The lowest BCUT2D eigenvalue weighted by Crippen LogP contribution is -2.16. The Hall–Kier alpha value is -3.76. The molecule has 1 aromatic heterocycles. The summed E-state index contributed by atoms with van der Waals surface area (Å²) in [5.41, 5.74) is 0.772. The molecule has 0 bridgehead atoms. The Kier molecular flexibility index (Phi) is 5.78. The minimum absolute atomic E-state index is 0.0965. The van der Waals surface area contributed by atoms with Crippen LogP contribution >= 0.6 is 0 Å². The van der Waals surface area contributed by atoms with Gasteiger partial charge >= 0.3 is 18.7 Å². The van der Waals surface area contributed by atoms with Crippen LogP contribution in [0.5, 0.6) is 11.5 Å². The molecule has 3 aromatic rings. The molecule has 2 aromatic carbocycles. The van der Waals surface area contributed by atoms with E-state index in [1.807, 2.05) is 0 Å². The van der Waals surface area contributed by atoms with Crippen molar-refractivity contribution in [3.05, 3.63) is 66.5 Å². The zero-order valence-electron chi connectivity index (χ0n) is 15.2. The average molecular weight is 443 g/mol. The van der Waals surface area contributed by atoms with Gasteiger partial charge in [0.1, 0.15) is 11.5 Å². The van der Waals surface area contributed by atoms with E-state index in [4.69, 9.17) is 0 Å². The molecule has 0 radical (unpaired) electrons. The fourth-order valence-electron chi connectivity index (χ4n) is 2.70. The van der Waals surface area contributed by atoms with E-state index in [2.05, 4.69) is 14.5 Å². The summed E-state index contributed by atoms with van der Waals surface area (Å²) in [4.78, 5) is 15.4. The molecule has 11 heteroatoms. The molecule has 0 aliphatic heterocycles. The number of ether oxygens (including phenoxy) is 2. The molecular formula is C20H11F6NO4. The molecule has 0 atom stereocenters. The van der Waals surface area contributed by atoms with Crippen LogP contribution < -0.4 is 9.47 Å². The van der Waals surface area contributed by atoms with Crippen LogP contribution in [0.15, 0.2) is 60.8 Å². The van der Waals surface area contributed by atoms with Gasteiger partial charge in [-0.25, -0.2) is 9.78 Å². The van der Waals surface area contributed by atoms with Gasteiger partial charge in [0.25, 0.3) is 0 Å². The number of carbonyl (C=O) groups is 1. The molecule has 162 valence electrons. The van der Waals surface area contributed by atoms with Gasteiger partial charge in [0.2, 0.25) is 0 Å². The van der Waals surface area contributed by atoms with Gasteiger partial charge in [-0.15, -0.1) is 26.3 Å². The van der Waals surface area contributed by atoms with Crippen LogP contribution in [-0.2, 0) is 0 Å². The first-order valence-electron chi connectivity index (χ1n) is 8.37. The second-order valence-corrected chi connectivity index (χ2v) is 6.07. The number of alkyl halides is 6. The van der Waals surface area contributed by atoms with Gasteiger partial charge in [0, 0.05) is 17.3 Å². The van der Waals surface area contributed by atoms with Crippen molar-refractivity contribution in [2.45, 2.75) is 12.7 Å². The number of halogens is 6. The maximum atomic E-state index is 12.3.